The van der Waals surface area contributed by atoms with Crippen molar-refractivity contribution >= 4 is 23.1 Å². The van der Waals surface area contributed by atoms with Crippen molar-refractivity contribution in [3.8, 4) is 0 Å². The first-order chi connectivity index (χ1) is 11.2. The van der Waals surface area contributed by atoms with Crippen molar-refractivity contribution in [2.45, 2.75) is 20.0 Å². The average Bonchev–Trinajstić information content (AvgIpc) is 2.50. The number of ketones is 1. The van der Waals surface area contributed by atoms with E-state index in [0.717, 1.165) is 17.2 Å². The van der Waals surface area contributed by atoms with Gasteiger partial charge in [-0.15, -0.1) is 0 Å². The molecule has 0 radical (unpaired) electrons. The van der Waals surface area contributed by atoms with Crippen LogP contribution in [-0.2, 0) is 6.18 Å². The summed E-state index contributed by atoms with van der Waals surface area (Å²) in [6.07, 6.45) is -2.16. The summed E-state index contributed by atoms with van der Waals surface area (Å²) in [6.45, 7) is 3.82. The molecule has 24 heavy (non-hydrogen) atoms. The molecule has 1 N–H and O–H groups in total. The van der Waals surface area contributed by atoms with Gasteiger partial charge in [-0.1, -0.05) is 23.7 Å². The monoisotopic (exact) mass is 353 g/mol. The zero-order chi connectivity index (χ0) is 17.9. The third kappa shape index (κ3) is 4.38. The van der Waals surface area contributed by atoms with Crippen molar-refractivity contribution in [2.75, 3.05) is 5.32 Å². The van der Waals surface area contributed by atoms with E-state index >= 15 is 0 Å². The van der Waals surface area contributed by atoms with Gasteiger partial charge in [-0.3, -0.25) is 4.79 Å². The molecule has 6 heteroatoms. The van der Waals surface area contributed by atoms with Gasteiger partial charge >= 0.3 is 6.18 Å². The minimum absolute atomic E-state index is 0.0111. The Hall–Kier alpha value is -2.27. The lowest BCUT2D eigenvalue weighted by Crippen LogP contribution is -2.08. The topological polar surface area (TPSA) is 29.1 Å². The number of aryl methyl sites for hydroxylation is 2. The van der Waals surface area contributed by atoms with Crippen LogP contribution in [0.2, 0.25) is 5.02 Å². The van der Waals surface area contributed by atoms with Crippen LogP contribution in [0.1, 0.15) is 27.0 Å². The number of nitrogens with one attached hydrogen (secondary N) is 1. The predicted molar refractivity (Wildman–Crippen MR) is 89.5 cm³/mol. The van der Waals surface area contributed by atoms with Crippen LogP contribution in [0.25, 0.3) is 0 Å². The minimum Gasteiger partial charge on any atom is -0.361 e. The van der Waals surface area contributed by atoms with Crippen molar-refractivity contribution in [3.05, 3.63) is 76.0 Å². The van der Waals surface area contributed by atoms with Gasteiger partial charge in [0.05, 0.1) is 11.3 Å². The van der Waals surface area contributed by atoms with Crippen LogP contribution in [-0.4, -0.2) is 5.78 Å². The van der Waals surface area contributed by atoms with E-state index in [9.17, 15) is 18.0 Å². The maximum atomic E-state index is 13.0. The quantitative estimate of drug-likeness (QED) is 0.557. The third-order valence-electron chi connectivity index (χ3n) is 3.55. The SMILES string of the molecule is Cc1ccc(C(=O)/C=C/Nc2ccc(Cl)cc2C(F)(F)F)cc1C. The number of halogens is 4. The fourth-order valence-corrected chi connectivity index (χ4v) is 2.25. The molecule has 0 saturated heterocycles. The molecule has 2 rings (SSSR count). The number of hydrogen-bond donors (Lipinski definition) is 1. The first kappa shape index (κ1) is 18.1. The molecule has 2 aromatic rings. The highest BCUT2D eigenvalue weighted by Crippen LogP contribution is 2.36. The third-order valence-corrected chi connectivity index (χ3v) is 3.79. The summed E-state index contributed by atoms with van der Waals surface area (Å²) in [7, 11) is 0. The number of benzene rings is 2. The summed E-state index contributed by atoms with van der Waals surface area (Å²) in [5.74, 6) is -0.298. The van der Waals surface area contributed by atoms with Gasteiger partial charge in [0.25, 0.3) is 0 Å². The maximum Gasteiger partial charge on any atom is 0.418 e. The molecular weight excluding hydrogens is 339 g/mol. The number of anilines is 1. The zero-order valence-electron chi connectivity index (χ0n) is 13.0. The fourth-order valence-electron chi connectivity index (χ4n) is 2.07. The first-order valence-corrected chi connectivity index (χ1v) is 7.47. The summed E-state index contributed by atoms with van der Waals surface area (Å²) in [4.78, 5) is 12.1. The van der Waals surface area contributed by atoms with E-state index in [-0.39, 0.29) is 16.5 Å². The molecule has 0 aliphatic heterocycles. The highest BCUT2D eigenvalue weighted by molar-refractivity contribution is 6.30. The van der Waals surface area contributed by atoms with Crippen LogP contribution in [0.5, 0.6) is 0 Å². The maximum absolute atomic E-state index is 13.0. The number of rotatable bonds is 4. The van der Waals surface area contributed by atoms with Gasteiger partial charge in [0, 0.05) is 22.9 Å². The van der Waals surface area contributed by atoms with Gasteiger partial charge in [0.15, 0.2) is 5.78 Å². The lowest BCUT2D eigenvalue weighted by atomic mass is 10.0. The number of carbonyl (C=O) groups excluding carboxylic acids is 1. The Morgan fingerprint density at radius 3 is 2.42 bits per heavy atom. The number of carbonyl (C=O) groups is 1. The molecule has 0 amide bonds. The molecule has 126 valence electrons. The predicted octanol–water partition coefficient (Wildman–Crippen LogP) is 5.78. The largest absolute Gasteiger partial charge is 0.418 e. The summed E-state index contributed by atoms with van der Waals surface area (Å²) >= 11 is 5.62. The molecule has 0 aromatic heterocycles. The molecule has 0 spiro atoms. The van der Waals surface area contributed by atoms with E-state index in [1.165, 1.54) is 24.4 Å². The lowest BCUT2D eigenvalue weighted by molar-refractivity contribution is -0.136. The van der Waals surface area contributed by atoms with Crippen LogP contribution in [0.4, 0.5) is 18.9 Å². The van der Waals surface area contributed by atoms with E-state index in [0.29, 0.717) is 5.56 Å². The Kier molecular flexibility index (Phi) is 5.34. The van der Waals surface area contributed by atoms with Gasteiger partial charge < -0.3 is 5.32 Å². The van der Waals surface area contributed by atoms with E-state index in [1.54, 1.807) is 12.1 Å². The Balaban J connectivity index is 2.17. The van der Waals surface area contributed by atoms with Crippen LogP contribution in [0.15, 0.2) is 48.7 Å². The van der Waals surface area contributed by atoms with E-state index in [2.05, 4.69) is 5.32 Å². The minimum atomic E-state index is -4.54. The van der Waals surface area contributed by atoms with Gasteiger partial charge in [-0.05, 0) is 49.2 Å². The second-order valence-corrected chi connectivity index (χ2v) is 5.77. The van der Waals surface area contributed by atoms with Crippen LogP contribution in [0.3, 0.4) is 0 Å². The molecule has 0 heterocycles. The molecule has 0 unspecified atom stereocenters. The summed E-state index contributed by atoms with van der Waals surface area (Å²) in [5, 5.41) is 2.48. The Labute approximate surface area is 142 Å². The van der Waals surface area contributed by atoms with E-state index < -0.39 is 11.7 Å². The van der Waals surface area contributed by atoms with Crippen molar-refractivity contribution in [3.63, 3.8) is 0 Å². The molecule has 0 bridgehead atoms. The summed E-state index contributed by atoms with van der Waals surface area (Å²) < 4.78 is 38.9. The van der Waals surface area contributed by atoms with Crippen molar-refractivity contribution in [1.82, 2.24) is 0 Å². The van der Waals surface area contributed by atoms with Gasteiger partial charge in [-0.25, -0.2) is 0 Å². The standard InChI is InChI=1S/C18H15ClF3NO/c1-11-3-4-13(9-12(11)2)17(24)7-8-23-16-6-5-14(19)10-15(16)18(20,21)22/h3-10,23H,1-2H3/b8-7+. The summed E-state index contributed by atoms with van der Waals surface area (Å²) in [5.41, 5.74) is 1.45. The highest BCUT2D eigenvalue weighted by atomic mass is 35.5. The molecule has 0 saturated carbocycles. The molecule has 2 aromatic carbocycles. The van der Waals surface area contributed by atoms with Crippen LogP contribution in [0, 0.1) is 13.8 Å². The van der Waals surface area contributed by atoms with Gasteiger partial charge in [-0.2, -0.15) is 13.2 Å². The Morgan fingerprint density at radius 2 is 1.79 bits per heavy atom. The van der Waals surface area contributed by atoms with Crippen molar-refractivity contribution in [2.24, 2.45) is 0 Å². The second-order valence-electron chi connectivity index (χ2n) is 5.33. The van der Waals surface area contributed by atoms with Gasteiger partial charge in [0.1, 0.15) is 0 Å². The van der Waals surface area contributed by atoms with Crippen LogP contribution >= 0.6 is 11.6 Å². The normalized spacial score (nSPS) is 11.8. The second kappa shape index (κ2) is 7.09. The van der Waals surface area contributed by atoms with E-state index in [1.807, 2.05) is 19.9 Å². The molecule has 2 nitrogen and oxygen atoms in total. The number of allylic oxidation sites excluding steroid dienone is 1. The van der Waals surface area contributed by atoms with Crippen LogP contribution < -0.4 is 5.32 Å². The lowest BCUT2D eigenvalue weighted by Gasteiger charge is -2.12. The molecule has 0 aliphatic carbocycles. The highest BCUT2D eigenvalue weighted by Gasteiger charge is 2.33. The van der Waals surface area contributed by atoms with Crippen molar-refractivity contribution in [1.29, 1.82) is 0 Å². The molecular formula is C18H15ClF3NO. The summed E-state index contributed by atoms with van der Waals surface area (Å²) in [6, 6.07) is 8.64. The van der Waals surface area contributed by atoms with Crippen molar-refractivity contribution < 1.29 is 18.0 Å². The molecule has 0 fully saturated rings. The number of alkyl halides is 3. The zero-order valence-corrected chi connectivity index (χ0v) is 13.8. The Morgan fingerprint density at radius 1 is 1.08 bits per heavy atom. The average molecular weight is 354 g/mol. The Bertz CT molecular complexity index is 797. The smallest absolute Gasteiger partial charge is 0.361 e. The van der Waals surface area contributed by atoms with Gasteiger partial charge in [0.2, 0.25) is 0 Å². The number of hydrogen-bond acceptors (Lipinski definition) is 2. The molecule has 0 atom stereocenters. The fraction of sp³-hybridized carbons (Fsp3) is 0.167. The molecule has 0 aliphatic rings. The first-order valence-electron chi connectivity index (χ1n) is 7.10. The van der Waals surface area contributed by atoms with E-state index in [4.69, 9.17) is 11.6 Å².